The van der Waals surface area contributed by atoms with E-state index >= 15 is 0 Å². The maximum atomic E-state index is 5.93. The van der Waals surface area contributed by atoms with E-state index in [1.807, 2.05) is 12.1 Å². The fraction of sp³-hybridized carbons (Fsp3) is 0.529. The third-order valence-electron chi connectivity index (χ3n) is 4.12. The summed E-state index contributed by atoms with van der Waals surface area (Å²) in [5.41, 5.74) is 2.28. The van der Waals surface area contributed by atoms with E-state index in [-0.39, 0.29) is 6.10 Å². The lowest BCUT2D eigenvalue weighted by Crippen LogP contribution is -2.44. The maximum Gasteiger partial charge on any atom is 0.134 e. The molecule has 0 radical (unpaired) electrons. The van der Waals surface area contributed by atoms with Crippen molar-refractivity contribution < 1.29 is 9.15 Å². The smallest absolute Gasteiger partial charge is 0.134 e. The van der Waals surface area contributed by atoms with E-state index in [2.05, 4.69) is 36.3 Å². The van der Waals surface area contributed by atoms with Crippen molar-refractivity contribution in [2.24, 2.45) is 0 Å². The van der Waals surface area contributed by atoms with E-state index in [0.29, 0.717) is 0 Å². The van der Waals surface area contributed by atoms with Gasteiger partial charge in [0.2, 0.25) is 0 Å². The zero-order valence-electron chi connectivity index (χ0n) is 12.9. The molecule has 114 valence electrons. The van der Waals surface area contributed by atoms with Gasteiger partial charge in [0.25, 0.3) is 0 Å². The Morgan fingerprint density at radius 3 is 3.00 bits per heavy atom. The summed E-state index contributed by atoms with van der Waals surface area (Å²) in [4.78, 5) is 2.32. The van der Waals surface area contributed by atoms with Gasteiger partial charge in [-0.3, -0.25) is 0 Å². The first-order chi connectivity index (χ1) is 10.3. The molecule has 0 amide bonds. The van der Waals surface area contributed by atoms with Crippen LogP contribution in [0.25, 0.3) is 11.0 Å². The summed E-state index contributed by atoms with van der Waals surface area (Å²) in [6, 6.07) is 8.27. The monoisotopic (exact) mass is 288 g/mol. The van der Waals surface area contributed by atoms with Crippen LogP contribution in [0.15, 0.2) is 28.7 Å². The van der Waals surface area contributed by atoms with Crippen LogP contribution in [0.3, 0.4) is 0 Å². The van der Waals surface area contributed by atoms with Crippen LogP contribution in [0.4, 0.5) is 0 Å². The van der Waals surface area contributed by atoms with Gasteiger partial charge >= 0.3 is 0 Å². The fourth-order valence-electron chi connectivity index (χ4n) is 2.98. The van der Waals surface area contributed by atoms with E-state index in [4.69, 9.17) is 9.15 Å². The van der Waals surface area contributed by atoms with Gasteiger partial charge in [-0.1, -0.05) is 25.1 Å². The number of nitrogens with one attached hydrogen (secondary N) is 1. The van der Waals surface area contributed by atoms with E-state index in [9.17, 15) is 0 Å². The van der Waals surface area contributed by atoms with Crippen LogP contribution in [0.2, 0.25) is 0 Å². The summed E-state index contributed by atoms with van der Waals surface area (Å²) in [6.45, 7) is 6.72. The number of likely N-dealkylation sites (N-methyl/N-ethyl adjacent to an activating group) is 1. The van der Waals surface area contributed by atoms with Gasteiger partial charge in [-0.15, -0.1) is 0 Å². The summed E-state index contributed by atoms with van der Waals surface area (Å²) < 4.78 is 11.7. The second-order valence-corrected chi connectivity index (χ2v) is 5.74. The van der Waals surface area contributed by atoms with Crippen molar-refractivity contribution >= 4 is 11.0 Å². The number of rotatable bonds is 5. The molecule has 0 bridgehead atoms. The number of fused-ring (bicyclic) bond motifs is 1. The topological polar surface area (TPSA) is 37.6 Å². The number of ether oxygens (including phenoxy) is 1. The van der Waals surface area contributed by atoms with Crippen molar-refractivity contribution in [1.29, 1.82) is 0 Å². The summed E-state index contributed by atoms with van der Waals surface area (Å²) in [6.07, 6.45) is 1.21. The standard InChI is InChI=1S/C17H24N2O2/c1-3-16-15(14-6-4-5-7-17(14)21-16)11-18-10-13-12-19(2)8-9-20-13/h4-7,13,18H,3,8-12H2,1-2H3. The van der Waals surface area contributed by atoms with Gasteiger partial charge in [0, 0.05) is 43.5 Å². The van der Waals surface area contributed by atoms with Crippen LogP contribution < -0.4 is 5.32 Å². The molecule has 21 heavy (non-hydrogen) atoms. The maximum absolute atomic E-state index is 5.93. The molecule has 0 saturated carbocycles. The average Bonchev–Trinajstić information content (AvgIpc) is 2.86. The van der Waals surface area contributed by atoms with Crippen molar-refractivity contribution in [2.45, 2.75) is 26.0 Å². The number of furan rings is 1. The van der Waals surface area contributed by atoms with Gasteiger partial charge in [-0.25, -0.2) is 0 Å². The molecular weight excluding hydrogens is 264 g/mol. The van der Waals surface area contributed by atoms with Crippen LogP contribution in [0, 0.1) is 0 Å². The molecule has 1 aliphatic rings. The molecule has 1 unspecified atom stereocenters. The van der Waals surface area contributed by atoms with Crippen LogP contribution in [-0.2, 0) is 17.7 Å². The highest BCUT2D eigenvalue weighted by Crippen LogP contribution is 2.26. The van der Waals surface area contributed by atoms with Crippen LogP contribution in [-0.4, -0.2) is 44.3 Å². The molecule has 4 heteroatoms. The van der Waals surface area contributed by atoms with Crippen LogP contribution in [0.5, 0.6) is 0 Å². The minimum absolute atomic E-state index is 0.284. The highest BCUT2D eigenvalue weighted by atomic mass is 16.5. The first kappa shape index (κ1) is 14.6. The van der Waals surface area contributed by atoms with Crippen molar-refractivity contribution in [1.82, 2.24) is 10.2 Å². The van der Waals surface area contributed by atoms with Gasteiger partial charge in [-0.05, 0) is 13.1 Å². The summed E-state index contributed by atoms with van der Waals surface area (Å²) in [5.74, 6) is 1.09. The van der Waals surface area contributed by atoms with E-state index in [1.165, 1.54) is 10.9 Å². The van der Waals surface area contributed by atoms with Gasteiger partial charge in [0.1, 0.15) is 11.3 Å². The molecule has 3 rings (SSSR count). The Morgan fingerprint density at radius 2 is 2.19 bits per heavy atom. The van der Waals surface area contributed by atoms with Crippen molar-refractivity contribution in [2.75, 3.05) is 33.3 Å². The molecule has 1 saturated heterocycles. The average molecular weight is 288 g/mol. The van der Waals surface area contributed by atoms with E-state index in [0.717, 1.165) is 50.5 Å². The van der Waals surface area contributed by atoms with Gasteiger partial charge in [0.15, 0.2) is 0 Å². The Bertz CT molecular complexity index is 593. The number of nitrogens with zero attached hydrogens (tertiary/aromatic N) is 1. The Balaban J connectivity index is 1.64. The molecule has 0 aliphatic carbocycles. The third-order valence-corrected chi connectivity index (χ3v) is 4.12. The lowest BCUT2D eigenvalue weighted by atomic mass is 10.1. The number of morpholine rings is 1. The molecule has 1 N–H and O–H groups in total. The lowest BCUT2D eigenvalue weighted by Gasteiger charge is -2.30. The van der Waals surface area contributed by atoms with Crippen molar-refractivity contribution in [3.05, 3.63) is 35.6 Å². The van der Waals surface area contributed by atoms with E-state index < -0.39 is 0 Å². The number of benzene rings is 1. The fourth-order valence-corrected chi connectivity index (χ4v) is 2.98. The highest BCUT2D eigenvalue weighted by Gasteiger charge is 2.18. The molecule has 0 spiro atoms. The predicted octanol–water partition coefficient (Wildman–Crippen LogP) is 2.42. The first-order valence-corrected chi connectivity index (χ1v) is 7.78. The zero-order valence-corrected chi connectivity index (χ0v) is 12.9. The van der Waals surface area contributed by atoms with Crippen molar-refractivity contribution in [3.63, 3.8) is 0 Å². The molecular formula is C17H24N2O2. The highest BCUT2D eigenvalue weighted by molar-refractivity contribution is 5.82. The molecule has 1 aromatic carbocycles. The number of hydrogen-bond acceptors (Lipinski definition) is 4. The molecule has 2 aromatic rings. The minimum Gasteiger partial charge on any atom is -0.461 e. The molecule has 4 nitrogen and oxygen atoms in total. The van der Waals surface area contributed by atoms with E-state index in [1.54, 1.807) is 0 Å². The second-order valence-electron chi connectivity index (χ2n) is 5.74. The van der Waals surface area contributed by atoms with Gasteiger partial charge in [-0.2, -0.15) is 0 Å². The third kappa shape index (κ3) is 3.28. The number of hydrogen-bond donors (Lipinski definition) is 1. The van der Waals surface area contributed by atoms with Crippen LogP contribution in [0.1, 0.15) is 18.2 Å². The molecule has 2 heterocycles. The summed E-state index contributed by atoms with van der Waals surface area (Å²) >= 11 is 0. The SMILES string of the molecule is CCc1oc2ccccc2c1CNCC1CN(C)CCO1. The van der Waals surface area contributed by atoms with Crippen molar-refractivity contribution in [3.8, 4) is 0 Å². The Morgan fingerprint density at radius 1 is 1.33 bits per heavy atom. The van der Waals surface area contributed by atoms with Crippen LogP contribution >= 0.6 is 0 Å². The Kier molecular flexibility index (Phi) is 4.58. The lowest BCUT2D eigenvalue weighted by molar-refractivity contribution is -0.0182. The molecule has 1 aromatic heterocycles. The second kappa shape index (κ2) is 6.60. The van der Waals surface area contributed by atoms with Gasteiger partial charge in [0.05, 0.1) is 12.7 Å². The Labute approximate surface area is 126 Å². The number of para-hydroxylation sites is 1. The largest absolute Gasteiger partial charge is 0.461 e. The first-order valence-electron chi connectivity index (χ1n) is 7.78. The summed E-state index contributed by atoms with van der Waals surface area (Å²) in [7, 11) is 2.15. The normalized spacial score (nSPS) is 20.2. The molecule has 1 fully saturated rings. The summed E-state index contributed by atoms with van der Waals surface area (Å²) in [5, 5.41) is 4.76. The predicted molar refractivity (Wildman–Crippen MR) is 84.5 cm³/mol. The minimum atomic E-state index is 0.284. The zero-order chi connectivity index (χ0) is 14.7. The molecule has 1 atom stereocenters. The van der Waals surface area contributed by atoms with Gasteiger partial charge < -0.3 is 19.4 Å². The quantitative estimate of drug-likeness (QED) is 0.917. The number of aryl methyl sites for hydroxylation is 1. The molecule has 1 aliphatic heterocycles. The Hall–Kier alpha value is -1.36.